The summed E-state index contributed by atoms with van der Waals surface area (Å²) < 4.78 is 19.6. The van der Waals surface area contributed by atoms with Crippen molar-refractivity contribution < 1.29 is 33.6 Å². The van der Waals surface area contributed by atoms with Crippen molar-refractivity contribution in [3.63, 3.8) is 0 Å². The van der Waals surface area contributed by atoms with E-state index in [0.29, 0.717) is 42.1 Å². The van der Waals surface area contributed by atoms with Crippen molar-refractivity contribution in [1.29, 1.82) is 0 Å². The summed E-state index contributed by atoms with van der Waals surface area (Å²) in [5, 5.41) is 8.37. The highest BCUT2D eigenvalue weighted by atomic mass is 35.5. The Balaban J connectivity index is 0.888. The number of amides is 2. The zero-order chi connectivity index (χ0) is 38.9. The van der Waals surface area contributed by atoms with Gasteiger partial charge in [-0.15, -0.1) is 0 Å². The first-order valence-corrected chi connectivity index (χ1v) is 21.3. The van der Waals surface area contributed by atoms with E-state index < -0.39 is 24.0 Å². The molecule has 8 atom stereocenters. The van der Waals surface area contributed by atoms with Crippen LogP contribution in [0.2, 0.25) is 5.02 Å². The van der Waals surface area contributed by atoms with Crippen molar-refractivity contribution >= 4 is 40.0 Å². The van der Waals surface area contributed by atoms with Crippen LogP contribution < -0.4 is 10.6 Å². The summed E-state index contributed by atoms with van der Waals surface area (Å²) in [5.74, 6) is -0.0492. The predicted molar refractivity (Wildman–Crippen MR) is 213 cm³/mol. The summed E-state index contributed by atoms with van der Waals surface area (Å²) in [6.07, 6.45) is 11.6. The van der Waals surface area contributed by atoms with Crippen LogP contribution in [0.1, 0.15) is 107 Å². The van der Waals surface area contributed by atoms with E-state index in [1.54, 1.807) is 11.1 Å². The van der Waals surface area contributed by atoms with Crippen molar-refractivity contribution in [2.75, 3.05) is 25.0 Å². The van der Waals surface area contributed by atoms with Crippen LogP contribution in [-0.4, -0.2) is 71.3 Å². The zero-order valence-corrected chi connectivity index (χ0v) is 33.7. The lowest BCUT2D eigenvalue weighted by atomic mass is 9.58. The third kappa shape index (κ3) is 8.18. The van der Waals surface area contributed by atoms with E-state index in [1.165, 1.54) is 6.42 Å². The van der Waals surface area contributed by atoms with Gasteiger partial charge in [0.2, 0.25) is 11.7 Å². The summed E-state index contributed by atoms with van der Waals surface area (Å²) >= 11 is 6.17. The molecule has 2 amide bonds. The predicted octanol–water partition coefficient (Wildman–Crippen LogP) is 8.40. The maximum Gasteiger partial charge on any atom is 0.254 e. The number of hydrogen-bond donors (Lipinski definition) is 2. The molecule has 1 spiro atoms. The molecule has 12 heteroatoms. The van der Waals surface area contributed by atoms with Gasteiger partial charge in [0.1, 0.15) is 0 Å². The molecule has 3 aromatic rings. The highest BCUT2D eigenvalue weighted by molar-refractivity contribution is 6.31. The summed E-state index contributed by atoms with van der Waals surface area (Å²) in [6, 6.07) is 15.4. The molecular formula is C44H57ClN4O7. The second kappa shape index (κ2) is 16.9. The van der Waals surface area contributed by atoms with Gasteiger partial charge in [-0.05, 0) is 106 Å². The van der Waals surface area contributed by atoms with Crippen molar-refractivity contribution in [1.82, 2.24) is 15.2 Å². The van der Waals surface area contributed by atoms with Gasteiger partial charge in [-0.2, -0.15) is 0 Å². The first kappa shape index (κ1) is 39.5. The van der Waals surface area contributed by atoms with Crippen LogP contribution in [0, 0.1) is 23.7 Å². The summed E-state index contributed by atoms with van der Waals surface area (Å²) in [7, 11) is 0. The molecule has 2 N–H and O–H groups in total. The molecule has 56 heavy (non-hydrogen) atoms. The Morgan fingerprint density at radius 1 is 0.964 bits per heavy atom. The third-order valence-electron chi connectivity index (χ3n) is 13.2. The highest BCUT2D eigenvalue weighted by Crippen LogP contribution is 2.60. The van der Waals surface area contributed by atoms with Crippen LogP contribution in [0.25, 0.3) is 10.9 Å². The molecule has 0 radical (unpaired) electrons. The third-order valence-corrected chi connectivity index (χ3v) is 13.4. The van der Waals surface area contributed by atoms with Crippen LogP contribution in [-0.2, 0) is 35.4 Å². The SMILES string of the molecule is C[C@@H]1CC[C@H]2[C@@H](C)C(OCc3ccc(C(=O)N(CCCCNc4ccnc5cc(Cl)ccc45)CC(=O)NC4CCCCC4)cc3)O[C@@H]3O[C@]4(C)CC[C@@H]1[C@]32OO4. The molecule has 4 saturated heterocycles. The second-order valence-corrected chi connectivity index (χ2v) is 17.5. The number of halogens is 1. The van der Waals surface area contributed by atoms with Gasteiger partial charge < -0.3 is 29.7 Å². The number of pyridine rings is 1. The highest BCUT2D eigenvalue weighted by Gasteiger charge is 2.69. The van der Waals surface area contributed by atoms with Crippen LogP contribution in [0.4, 0.5) is 5.69 Å². The Morgan fingerprint density at radius 2 is 1.79 bits per heavy atom. The minimum atomic E-state index is -0.836. The average molecular weight is 789 g/mol. The minimum Gasteiger partial charge on any atom is -0.384 e. The molecule has 4 aliphatic heterocycles. The Bertz CT molecular complexity index is 1860. The van der Waals surface area contributed by atoms with E-state index in [0.717, 1.165) is 86.4 Å². The Kier molecular flexibility index (Phi) is 11.9. The number of fused-ring (bicyclic) bond motifs is 3. The standard InChI is InChI=1S/C44H57ClN4O7/c1-28-11-18-36-29(2)41(53-42-44(36)35(28)19-21-43(3,54-42)55-56-44)52-27-30-12-14-31(15-13-30)40(51)49(26-39(50)48-33-9-5-4-6-10-33)24-8-7-22-46-37-20-23-47-38-25-32(45)16-17-34(37)38/h12-17,20,23,25,28-29,33,35-36,41-42H,4-11,18-19,21-22,24,26-27H2,1-3H3,(H,46,47)(H,48,50)/t28-,29-,35+,36+,41?,42-,43+,44-/m1/s1. The molecule has 11 nitrogen and oxygen atoms in total. The maximum absolute atomic E-state index is 14.0. The number of carbonyl (C=O) groups is 2. The number of ether oxygens (including phenoxy) is 3. The van der Waals surface area contributed by atoms with E-state index >= 15 is 0 Å². The molecule has 9 rings (SSSR count). The molecule has 6 aliphatic rings. The molecule has 2 bridgehead atoms. The van der Waals surface area contributed by atoms with Crippen molar-refractivity contribution in [2.24, 2.45) is 23.7 Å². The van der Waals surface area contributed by atoms with Gasteiger partial charge in [-0.3, -0.25) is 14.6 Å². The fourth-order valence-corrected chi connectivity index (χ4v) is 10.2. The molecule has 2 aliphatic carbocycles. The van der Waals surface area contributed by atoms with E-state index in [1.807, 2.05) is 55.5 Å². The van der Waals surface area contributed by atoms with E-state index in [2.05, 4.69) is 29.5 Å². The number of nitrogens with zero attached hydrogens (tertiary/aromatic N) is 2. The van der Waals surface area contributed by atoms with Gasteiger partial charge in [0.15, 0.2) is 18.2 Å². The van der Waals surface area contributed by atoms with E-state index in [4.69, 9.17) is 35.6 Å². The van der Waals surface area contributed by atoms with Gasteiger partial charge >= 0.3 is 0 Å². The number of carbonyl (C=O) groups excluding carboxylic acids is 2. The van der Waals surface area contributed by atoms with Crippen LogP contribution in [0.3, 0.4) is 0 Å². The molecule has 1 unspecified atom stereocenters. The van der Waals surface area contributed by atoms with Gasteiger partial charge in [-0.1, -0.05) is 56.8 Å². The van der Waals surface area contributed by atoms with E-state index in [-0.39, 0.29) is 36.2 Å². The normalized spacial score (nSPS) is 31.4. The number of hydrogen-bond acceptors (Lipinski definition) is 9. The number of unbranched alkanes of at least 4 members (excludes halogenated alkanes) is 1. The lowest BCUT2D eigenvalue weighted by molar-refractivity contribution is -0.577. The van der Waals surface area contributed by atoms with Crippen molar-refractivity contribution in [3.05, 3.63) is 70.9 Å². The van der Waals surface area contributed by atoms with Gasteiger partial charge in [0, 0.05) is 65.2 Å². The number of rotatable bonds is 13. The first-order valence-electron chi connectivity index (χ1n) is 20.9. The summed E-state index contributed by atoms with van der Waals surface area (Å²) in [5.41, 5.74) is 2.67. The smallest absolute Gasteiger partial charge is 0.254 e. The lowest BCUT2D eigenvalue weighted by Gasteiger charge is -2.60. The van der Waals surface area contributed by atoms with Gasteiger partial charge in [0.05, 0.1) is 18.7 Å². The molecular weight excluding hydrogens is 732 g/mol. The Hall–Kier alpha value is -3.32. The zero-order valence-electron chi connectivity index (χ0n) is 33.0. The Labute approximate surface area is 335 Å². The fraction of sp³-hybridized carbons (Fsp3) is 0.614. The topological polar surface area (TPSA) is 120 Å². The molecule has 5 heterocycles. The number of anilines is 1. The number of benzene rings is 2. The molecule has 2 saturated carbocycles. The lowest BCUT2D eigenvalue weighted by Crippen LogP contribution is -2.70. The molecule has 1 aromatic heterocycles. The monoisotopic (exact) mass is 788 g/mol. The van der Waals surface area contributed by atoms with Gasteiger partial charge in [-0.25, -0.2) is 9.78 Å². The van der Waals surface area contributed by atoms with Gasteiger partial charge in [0.25, 0.3) is 5.91 Å². The van der Waals surface area contributed by atoms with Crippen LogP contribution >= 0.6 is 11.6 Å². The average Bonchev–Trinajstić information content (AvgIpc) is 3.43. The van der Waals surface area contributed by atoms with Crippen LogP contribution in [0.5, 0.6) is 0 Å². The Morgan fingerprint density at radius 3 is 2.61 bits per heavy atom. The number of aromatic nitrogens is 1. The minimum absolute atomic E-state index is 0.0274. The second-order valence-electron chi connectivity index (χ2n) is 17.1. The number of nitrogens with one attached hydrogen (secondary N) is 2. The molecule has 2 aromatic carbocycles. The first-order chi connectivity index (χ1) is 27.1. The van der Waals surface area contributed by atoms with Crippen molar-refractivity contribution in [2.45, 2.75) is 128 Å². The fourth-order valence-electron chi connectivity index (χ4n) is 10.0. The molecule has 302 valence electrons. The maximum atomic E-state index is 14.0. The van der Waals surface area contributed by atoms with Crippen molar-refractivity contribution in [3.8, 4) is 0 Å². The quantitative estimate of drug-likeness (QED) is 0.130. The molecule has 6 fully saturated rings. The van der Waals surface area contributed by atoms with E-state index in [9.17, 15) is 9.59 Å². The summed E-state index contributed by atoms with van der Waals surface area (Å²) in [6.45, 7) is 7.96. The summed E-state index contributed by atoms with van der Waals surface area (Å²) in [4.78, 5) is 45.6. The largest absolute Gasteiger partial charge is 0.384 e. The van der Waals surface area contributed by atoms with Crippen LogP contribution in [0.15, 0.2) is 54.7 Å².